The number of carbonyl (C=O) groups is 2. The third-order valence-electron chi connectivity index (χ3n) is 2.38. The Morgan fingerprint density at radius 3 is 2.59 bits per heavy atom. The summed E-state index contributed by atoms with van der Waals surface area (Å²) in [5, 5.41) is 0. The molecule has 0 saturated carbocycles. The van der Waals surface area contributed by atoms with E-state index in [1.54, 1.807) is 13.8 Å². The molecular weight excluding hydrogens is 376 g/mol. The maximum absolute atomic E-state index is 11.5. The number of nitrogens with zero attached hydrogens (tertiary/aromatic N) is 1. The Labute approximate surface area is 149 Å². The molecule has 5 nitrogen and oxygen atoms in total. The van der Waals surface area contributed by atoms with Gasteiger partial charge in [-0.3, -0.25) is 9.59 Å². The monoisotopic (exact) mass is 389 g/mol. The molecule has 0 radical (unpaired) electrons. The summed E-state index contributed by atoms with van der Waals surface area (Å²) in [7, 11) is 0. The number of esters is 1. The van der Waals surface area contributed by atoms with Crippen molar-refractivity contribution < 1.29 is 38.0 Å². The van der Waals surface area contributed by atoms with Crippen LogP contribution in [0.2, 0.25) is 0 Å². The van der Waals surface area contributed by atoms with E-state index in [2.05, 4.69) is 4.98 Å². The average Bonchev–Trinajstić information content (AvgIpc) is 2.85. The van der Waals surface area contributed by atoms with Crippen LogP contribution in [0.4, 0.5) is 0 Å². The van der Waals surface area contributed by atoms with E-state index in [-0.39, 0.29) is 38.4 Å². The van der Waals surface area contributed by atoms with Gasteiger partial charge in [-0.05, 0) is 26.0 Å². The number of ether oxygens (including phenoxy) is 1. The van der Waals surface area contributed by atoms with E-state index in [1.165, 1.54) is 11.3 Å². The van der Waals surface area contributed by atoms with Gasteiger partial charge in [0, 0.05) is 19.5 Å². The van der Waals surface area contributed by atoms with E-state index in [0.29, 0.717) is 4.34 Å². The Kier molecular flexibility index (Phi) is 8.00. The molecule has 1 heterocycles. The molecule has 8 heteroatoms. The van der Waals surface area contributed by atoms with Gasteiger partial charge in [0.05, 0.1) is 29.2 Å². The SMILES string of the molecule is CC(C)OC(=O)CCC(=O)OSc1nc2ccccc2s1.[Zn]. The van der Waals surface area contributed by atoms with Crippen LogP contribution in [0, 0.1) is 0 Å². The number of para-hydroxylation sites is 1. The quantitative estimate of drug-likeness (QED) is 0.427. The Balaban J connectivity index is 0.00000242. The summed E-state index contributed by atoms with van der Waals surface area (Å²) < 4.78 is 11.7. The van der Waals surface area contributed by atoms with Crippen LogP contribution in [0.5, 0.6) is 0 Å². The molecule has 0 spiro atoms. The maximum Gasteiger partial charge on any atom is 0.318 e. The summed E-state index contributed by atoms with van der Waals surface area (Å²) in [4.78, 5) is 27.2. The van der Waals surface area contributed by atoms with Crippen LogP contribution in [0.25, 0.3) is 10.2 Å². The number of fused-ring (bicyclic) bond motifs is 1. The van der Waals surface area contributed by atoms with Crippen LogP contribution < -0.4 is 0 Å². The molecule has 2 aromatic rings. The largest absolute Gasteiger partial charge is 0.463 e. The second-order valence-corrected chi connectivity index (χ2v) is 6.53. The van der Waals surface area contributed by atoms with Crippen molar-refractivity contribution in [3.8, 4) is 0 Å². The number of hydrogen-bond donors (Lipinski definition) is 0. The van der Waals surface area contributed by atoms with E-state index in [1.807, 2.05) is 24.3 Å². The van der Waals surface area contributed by atoms with Crippen molar-refractivity contribution in [3.05, 3.63) is 24.3 Å². The summed E-state index contributed by atoms with van der Waals surface area (Å²) in [6.45, 7) is 3.53. The Hall–Kier alpha value is -0.977. The van der Waals surface area contributed by atoms with Gasteiger partial charge in [-0.1, -0.05) is 12.1 Å². The van der Waals surface area contributed by atoms with Crippen molar-refractivity contribution in [2.24, 2.45) is 0 Å². The smallest absolute Gasteiger partial charge is 0.318 e. The third kappa shape index (κ3) is 6.03. The number of aromatic nitrogens is 1. The maximum atomic E-state index is 11.5. The molecule has 0 saturated heterocycles. The summed E-state index contributed by atoms with van der Waals surface area (Å²) >= 11 is 2.38. The van der Waals surface area contributed by atoms with Crippen molar-refractivity contribution in [2.75, 3.05) is 0 Å². The first-order chi connectivity index (χ1) is 10.0. The normalized spacial score (nSPS) is 10.3. The van der Waals surface area contributed by atoms with Gasteiger partial charge in [0.1, 0.15) is 12.0 Å². The van der Waals surface area contributed by atoms with E-state index in [4.69, 9.17) is 8.92 Å². The van der Waals surface area contributed by atoms with Crippen molar-refractivity contribution in [2.45, 2.75) is 37.1 Å². The fraction of sp³-hybridized carbons (Fsp3) is 0.357. The number of thiazole rings is 1. The molecule has 0 atom stereocenters. The molecule has 0 aliphatic carbocycles. The van der Waals surface area contributed by atoms with E-state index in [9.17, 15) is 9.59 Å². The van der Waals surface area contributed by atoms with Crippen molar-refractivity contribution in [1.82, 2.24) is 4.98 Å². The van der Waals surface area contributed by atoms with Crippen molar-refractivity contribution in [1.29, 1.82) is 0 Å². The van der Waals surface area contributed by atoms with E-state index in [0.717, 1.165) is 22.3 Å². The first-order valence-corrected chi connectivity index (χ1v) is 8.03. The van der Waals surface area contributed by atoms with Crippen LogP contribution in [0.3, 0.4) is 0 Å². The molecule has 0 amide bonds. The number of hydrogen-bond acceptors (Lipinski definition) is 7. The zero-order valence-electron chi connectivity index (χ0n) is 12.4. The zero-order valence-corrected chi connectivity index (χ0v) is 17.0. The fourth-order valence-electron chi connectivity index (χ4n) is 1.54. The molecule has 1 aromatic heterocycles. The number of rotatable bonds is 6. The molecule has 1 aromatic carbocycles. The molecule has 114 valence electrons. The molecule has 0 N–H and O–H groups in total. The minimum Gasteiger partial charge on any atom is -0.463 e. The third-order valence-corrected chi connectivity index (χ3v) is 4.17. The van der Waals surface area contributed by atoms with Gasteiger partial charge in [0.25, 0.3) is 0 Å². The second kappa shape index (κ2) is 9.23. The van der Waals surface area contributed by atoms with Crippen LogP contribution in [-0.4, -0.2) is 23.0 Å². The molecular formula is C14H15NO4S2Zn. The molecule has 0 fully saturated rings. The van der Waals surface area contributed by atoms with Crippen molar-refractivity contribution in [3.63, 3.8) is 0 Å². The molecule has 2 rings (SSSR count). The van der Waals surface area contributed by atoms with Gasteiger partial charge in [-0.2, -0.15) is 0 Å². The van der Waals surface area contributed by atoms with Gasteiger partial charge in [-0.25, -0.2) is 4.98 Å². The molecule has 22 heavy (non-hydrogen) atoms. The number of carbonyl (C=O) groups excluding carboxylic acids is 2. The second-order valence-electron chi connectivity index (χ2n) is 4.52. The molecule has 0 aliphatic heterocycles. The minimum atomic E-state index is -0.458. The van der Waals surface area contributed by atoms with Gasteiger partial charge in [0.2, 0.25) is 0 Å². The summed E-state index contributed by atoms with van der Waals surface area (Å²) in [5.74, 6) is -0.855. The van der Waals surface area contributed by atoms with E-state index >= 15 is 0 Å². The van der Waals surface area contributed by atoms with E-state index < -0.39 is 11.9 Å². The van der Waals surface area contributed by atoms with Gasteiger partial charge in [0.15, 0.2) is 4.34 Å². The van der Waals surface area contributed by atoms with Gasteiger partial charge in [-0.15, -0.1) is 11.3 Å². The van der Waals surface area contributed by atoms with Gasteiger partial charge < -0.3 is 8.92 Å². The summed E-state index contributed by atoms with van der Waals surface area (Å²) in [6, 6.07) is 7.70. The number of benzene rings is 1. The fourth-order valence-corrected chi connectivity index (χ4v) is 3.12. The zero-order chi connectivity index (χ0) is 15.2. The Morgan fingerprint density at radius 2 is 1.91 bits per heavy atom. The van der Waals surface area contributed by atoms with Crippen LogP contribution >= 0.6 is 23.4 Å². The van der Waals surface area contributed by atoms with Crippen molar-refractivity contribution >= 4 is 45.5 Å². The first-order valence-electron chi connectivity index (χ1n) is 6.47. The predicted octanol–water partition coefficient (Wildman–Crippen LogP) is 3.58. The van der Waals surface area contributed by atoms with Crippen LogP contribution in [0.15, 0.2) is 28.6 Å². The van der Waals surface area contributed by atoms with Crippen LogP contribution in [-0.2, 0) is 38.0 Å². The summed E-state index contributed by atoms with van der Waals surface area (Å²) in [6.07, 6.45) is -0.147. The molecule has 0 unspecified atom stereocenters. The summed E-state index contributed by atoms with van der Waals surface area (Å²) in [5.41, 5.74) is 0.876. The molecule has 0 bridgehead atoms. The van der Waals surface area contributed by atoms with Gasteiger partial charge >= 0.3 is 11.9 Å². The average molecular weight is 391 g/mol. The topological polar surface area (TPSA) is 65.5 Å². The Morgan fingerprint density at radius 1 is 1.23 bits per heavy atom. The predicted molar refractivity (Wildman–Crippen MR) is 82.0 cm³/mol. The standard InChI is InChI=1S/C14H15NO4S2.Zn/c1-9(2)18-12(16)7-8-13(17)19-21-14-15-10-5-3-4-6-11(10)20-14;/h3-6,9H,7-8H2,1-2H3;. The Bertz CT molecular complexity index is 612. The minimum absolute atomic E-state index is 0. The van der Waals surface area contributed by atoms with Crippen LogP contribution in [0.1, 0.15) is 26.7 Å². The molecule has 0 aliphatic rings. The first kappa shape index (κ1) is 19.1.